The van der Waals surface area contributed by atoms with Crippen LogP contribution in [0.15, 0.2) is 36.8 Å². The lowest BCUT2D eigenvalue weighted by molar-refractivity contribution is -0.137. The summed E-state index contributed by atoms with van der Waals surface area (Å²) >= 11 is 0. The van der Waals surface area contributed by atoms with Crippen molar-refractivity contribution >= 4 is 29.8 Å². The molecule has 2 aliphatic rings. The predicted molar refractivity (Wildman–Crippen MR) is 68.4 cm³/mol. The largest absolute Gasteiger partial charge is 0.513 e. The summed E-state index contributed by atoms with van der Waals surface area (Å²) in [7, 11) is 0. The Morgan fingerprint density at radius 3 is 2.09 bits per heavy atom. The van der Waals surface area contributed by atoms with Gasteiger partial charge in [-0.15, -0.1) is 0 Å². The smallest absolute Gasteiger partial charge is 0.432 e. The maximum Gasteiger partial charge on any atom is 0.513 e. The number of hydrogen-bond donors (Lipinski definition) is 0. The monoisotopic (exact) mass is 306 g/mol. The molecule has 2 rings (SSSR count). The Bertz CT molecular complexity index is 596. The fourth-order valence-corrected chi connectivity index (χ4v) is 1.61. The van der Waals surface area contributed by atoms with Crippen molar-refractivity contribution in [3.05, 3.63) is 36.8 Å². The van der Waals surface area contributed by atoms with Gasteiger partial charge in [0.25, 0.3) is 23.6 Å². The molecule has 0 aromatic rings. The number of hydrogen-bond acceptors (Lipinski definition) is 7. The summed E-state index contributed by atoms with van der Waals surface area (Å²) in [4.78, 5) is 57.6. The molecule has 0 saturated heterocycles. The molecule has 114 valence electrons. The molecule has 2 aliphatic heterocycles. The molecule has 0 fully saturated rings. The summed E-state index contributed by atoms with van der Waals surface area (Å²) in [6.45, 7) is -0.342. The minimum Gasteiger partial charge on any atom is -0.432 e. The Balaban J connectivity index is 1.68. The van der Waals surface area contributed by atoms with Gasteiger partial charge in [-0.2, -0.15) is 0 Å². The van der Waals surface area contributed by atoms with Crippen LogP contribution < -0.4 is 0 Å². The lowest BCUT2D eigenvalue weighted by atomic mass is 10.5. The standard InChI is InChI=1S/C13H10N2O7/c16-9-1-2-10(17)14(9)5-7-21-13(20)22-8-6-15-11(18)3-4-12(15)19/h1-5,7H,6,8H2. The molecule has 0 aliphatic carbocycles. The Kier molecular flexibility index (Phi) is 4.47. The maximum absolute atomic E-state index is 11.2. The highest BCUT2D eigenvalue weighted by atomic mass is 16.7. The van der Waals surface area contributed by atoms with Crippen molar-refractivity contribution in [3.63, 3.8) is 0 Å². The Hall–Kier alpha value is -3.23. The van der Waals surface area contributed by atoms with E-state index < -0.39 is 29.8 Å². The fraction of sp³-hybridized carbons (Fsp3) is 0.154. The third kappa shape index (κ3) is 3.45. The van der Waals surface area contributed by atoms with E-state index in [1.54, 1.807) is 0 Å². The van der Waals surface area contributed by atoms with E-state index >= 15 is 0 Å². The van der Waals surface area contributed by atoms with E-state index in [1.165, 1.54) is 0 Å². The highest BCUT2D eigenvalue weighted by Gasteiger charge is 2.23. The lowest BCUT2D eigenvalue weighted by Crippen LogP contribution is -2.33. The first-order valence-corrected chi connectivity index (χ1v) is 6.08. The molecule has 9 heteroatoms. The van der Waals surface area contributed by atoms with Crippen molar-refractivity contribution in [1.29, 1.82) is 0 Å². The molecule has 0 saturated carbocycles. The molecular formula is C13H10N2O7. The average Bonchev–Trinajstić information content (AvgIpc) is 2.96. The summed E-state index contributed by atoms with van der Waals surface area (Å²) in [6, 6.07) is 0. The number of carbonyl (C=O) groups excluding carboxylic acids is 5. The normalized spacial score (nSPS) is 17.3. The zero-order valence-electron chi connectivity index (χ0n) is 11.1. The molecule has 0 bridgehead atoms. The van der Waals surface area contributed by atoms with Crippen LogP contribution in [-0.4, -0.2) is 52.7 Å². The SMILES string of the molecule is O=C(OC=CN1C(=O)C=CC1=O)OCCN1C(=O)C=CC1=O. The van der Waals surface area contributed by atoms with Gasteiger partial charge in [0.1, 0.15) is 12.9 Å². The topological polar surface area (TPSA) is 110 Å². The van der Waals surface area contributed by atoms with Crippen LogP contribution in [0.2, 0.25) is 0 Å². The summed E-state index contributed by atoms with van der Waals surface area (Å²) in [5.74, 6) is -2.09. The second-order valence-corrected chi connectivity index (χ2v) is 4.04. The number of amides is 4. The van der Waals surface area contributed by atoms with Gasteiger partial charge in [-0.05, 0) is 0 Å². The average molecular weight is 306 g/mol. The molecule has 0 spiro atoms. The molecule has 0 unspecified atom stereocenters. The van der Waals surface area contributed by atoms with Gasteiger partial charge in [-0.25, -0.2) is 9.69 Å². The first kappa shape index (κ1) is 15.2. The Morgan fingerprint density at radius 1 is 0.955 bits per heavy atom. The molecule has 2 heterocycles. The van der Waals surface area contributed by atoms with Gasteiger partial charge in [0.2, 0.25) is 0 Å². The van der Waals surface area contributed by atoms with Crippen molar-refractivity contribution < 1.29 is 33.4 Å². The molecule has 0 aromatic heterocycles. The van der Waals surface area contributed by atoms with Gasteiger partial charge in [-0.1, -0.05) is 0 Å². The Labute approximate surface area is 124 Å². The van der Waals surface area contributed by atoms with Crippen molar-refractivity contribution in [2.75, 3.05) is 13.2 Å². The summed E-state index contributed by atoms with van der Waals surface area (Å²) in [5.41, 5.74) is 0. The second kappa shape index (κ2) is 6.48. The van der Waals surface area contributed by atoms with Gasteiger partial charge < -0.3 is 9.47 Å². The van der Waals surface area contributed by atoms with E-state index in [0.717, 1.165) is 46.6 Å². The Morgan fingerprint density at radius 2 is 1.50 bits per heavy atom. The number of imide groups is 2. The maximum atomic E-state index is 11.2. The fourth-order valence-electron chi connectivity index (χ4n) is 1.61. The highest BCUT2D eigenvalue weighted by molar-refractivity contribution is 6.13. The van der Waals surface area contributed by atoms with Gasteiger partial charge in [-0.3, -0.25) is 24.1 Å². The van der Waals surface area contributed by atoms with E-state index in [4.69, 9.17) is 0 Å². The van der Waals surface area contributed by atoms with E-state index in [1.807, 2.05) is 0 Å². The molecule has 0 atom stereocenters. The third-order valence-corrected chi connectivity index (χ3v) is 2.65. The van der Waals surface area contributed by atoms with Crippen LogP contribution in [0.4, 0.5) is 4.79 Å². The highest BCUT2D eigenvalue weighted by Crippen LogP contribution is 2.05. The van der Waals surface area contributed by atoms with Gasteiger partial charge in [0.05, 0.1) is 12.7 Å². The molecule has 0 radical (unpaired) electrons. The van der Waals surface area contributed by atoms with Gasteiger partial charge in [0.15, 0.2) is 0 Å². The zero-order valence-corrected chi connectivity index (χ0v) is 11.1. The predicted octanol–water partition coefficient (Wildman–Crippen LogP) is -0.539. The molecule has 9 nitrogen and oxygen atoms in total. The first-order valence-electron chi connectivity index (χ1n) is 6.08. The number of carbonyl (C=O) groups is 5. The van der Waals surface area contributed by atoms with Gasteiger partial charge in [0, 0.05) is 24.3 Å². The van der Waals surface area contributed by atoms with Gasteiger partial charge >= 0.3 is 6.16 Å². The minimum absolute atomic E-state index is 0.101. The molecular weight excluding hydrogens is 296 g/mol. The molecule has 4 amide bonds. The molecule has 0 N–H and O–H groups in total. The van der Waals surface area contributed by atoms with Crippen LogP contribution in [0.3, 0.4) is 0 Å². The first-order chi connectivity index (χ1) is 10.5. The van der Waals surface area contributed by atoms with Crippen LogP contribution >= 0.6 is 0 Å². The van der Waals surface area contributed by atoms with Crippen molar-refractivity contribution in [1.82, 2.24) is 9.80 Å². The van der Waals surface area contributed by atoms with Crippen molar-refractivity contribution in [3.8, 4) is 0 Å². The van der Waals surface area contributed by atoms with E-state index in [2.05, 4.69) is 9.47 Å². The quantitative estimate of drug-likeness (QED) is 0.381. The summed E-state index contributed by atoms with van der Waals surface area (Å²) in [5, 5.41) is 0. The molecule has 0 aromatic carbocycles. The van der Waals surface area contributed by atoms with Crippen LogP contribution in [0.1, 0.15) is 0 Å². The number of nitrogens with zero attached hydrogens (tertiary/aromatic N) is 2. The minimum atomic E-state index is -1.10. The lowest BCUT2D eigenvalue weighted by Gasteiger charge is -2.13. The van der Waals surface area contributed by atoms with Crippen LogP contribution in [0, 0.1) is 0 Å². The van der Waals surface area contributed by atoms with E-state index in [9.17, 15) is 24.0 Å². The van der Waals surface area contributed by atoms with Crippen LogP contribution in [0.25, 0.3) is 0 Å². The van der Waals surface area contributed by atoms with E-state index in [-0.39, 0.29) is 13.2 Å². The third-order valence-electron chi connectivity index (χ3n) is 2.65. The number of ether oxygens (including phenoxy) is 2. The van der Waals surface area contributed by atoms with E-state index in [0.29, 0.717) is 0 Å². The summed E-state index contributed by atoms with van der Waals surface area (Å²) in [6.07, 6.45) is 5.06. The number of rotatable bonds is 5. The zero-order chi connectivity index (χ0) is 16.1. The van der Waals surface area contributed by atoms with Crippen LogP contribution in [0.5, 0.6) is 0 Å². The van der Waals surface area contributed by atoms with Crippen molar-refractivity contribution in [2.24, 2.45) is 0 Å². The second-order valence-electron chi connectivity index (χ2n) is 4.04. The summed E-state index contributed by atoms with van der Waals surface area (Å²) < 4.78 is 9.13. The van der Waals surface area contributed by atoms with Crippen molar-refractivity contribution in [2.45, 2.75) is 0 Å². The molecule has 22 heavy (non-hydrogen) atoms. The van der Waals surface area contributed by atoms with Crippen LogP contribution in [-0.2, 0) is 28.7 Å².